The van der Waals surface area contributed by atoms with Gasteiger partial charge in [0, 0.05) is 35.9 Å². The van der Waals surface area contributed by atoms with E-state index >= 15 is 0 Å². The molecule has 0 bridgehead atoms. The van der Waals surface area contributed by atoms with Crippen molar-refractivity contribution in [3.05, 3.63) is 88.2 Å². The van der Waals surface area contributed by atoms with Crippen LogP contribution in [0.25, 0.3) is 0 Å². The summed E-state index contributed by atoms with van der Waals surface area (Å²) >= 11 is 6.12. The van der Waals surface area contributed by atoms with Gasteiger partial charge in [-0.05, 0) is 43.4 Å². The predicted molar refractivity (Wildman–Crippen MR) is 125 cm³/mol. The SMILES string of the molecule is COCCNC(=O)c1n[nH]c2c1CCCC[C@H]2Cc1cccc(Cl)c1.c1ccccc1. The first-order chi connectivity index (χ1) is 15.2. The molecule has 0 aliphatic heterocycles. The van der Waals surface area contributed by atoms with E-state index in [1.165, 1.54) is 5.56 Å². The zero-order valence-electron chi connectivity index (χ0n) is 17.9. The van der Waals surface area contributed by atoms with Crippen molar-refractivity contribution in [2.24, 2.45) is 0 Å². The van der Waals surface area contributed by atoms with E-state index < -0.39 is 0 Å². The summed E-state index contributed by atoms with van der Waals surface area (Å²) < 4.78 is 4.98. The maximum atomic E-state index is 12.4. The molecule has 0 saturated carbocycles. The Morgan fingerprint density at radius 3 is 2.58 bits per heavy atom. The van der Waals surface area contributed by atoms with Crippen molar-refractivity contribution in [2.45, 2.75) is 38.0 Å². The summed E-state index contributed by atoms with van der Waals surface area (Å²) in [5.41, 5.74) is 3.92. The van der Waals surface area contributed by atoms with E-state index in [0.29, 0.717) is 24.8 Å². The normalized spacial score (nSPS) is 15.2. The molecule has 1 atom stereocenters. The first-order valence-electron chi connectivity index (χ1n) is 10.8. The molecule has 4 rings (SSSR count). The predicted octanol–water partition coefficient (Wildman–Crippen LogP) is 5.18. The number of carbonyl (C=O) groups is 1. The van der Waals surface area contributed by atoms with E-state index in [0.717, 1.165) is 48.4 Å². The van der Waals surface area contributed by atoms with E-state index in [9.17, 15) is 4.79 Å². The molecule has 164 valence electrons. The molecule has 0 saturated heterocycles. The van der Waals surface area contributed by atoms with Crippen LogP contribution < -0.4 is 5.32 Å². The number of methoxy groups -OCH3 is 1. The number of hydrogen-bond acceptors (Lipinski definition) is 3. The lowest BCUT2D eigenvalue weighted by atomic mass is 9.91. The highest BCUT2D eigenvalue weighted by Crippen LogP contribution is 2.33. The highest BCUT2D eigenvalue weighted by Gasteiger charge is 2.26. The zero-order valence-corrected chi connectivity index (χ0v) is 18.7. The second kappa shape index (κ2) is 12.3. The van der Waals surface area contributed by atoms with Gasteiger partial charge in [0.15, 0.2) is 5.69 Å². The number of benzene rings is 2. The summed E-state index contributed by atoms with van der Waals surface area (Å²) in [7, 11) is 1.62. The first kappa shape index (κ1) is 23.0. The lowest BCUT2D eigenvalue weighted by Crippen LogP contribution is -2.28. The number of H-pyrrole nitrogens is 1. The minimum absolute atomic E-state index is 0.127. The van der Waals surface area contributed by atoms with Crippen LogP contribution in [-0.4, -0.2) is 36.4 Å². The topological polar surface area (TPSA) is 67.0 Å². The monoisotopic (exact) mass is 439 g/mol. The Kier molecular flexibility index (Phi) is 9.13. The standard InChI is InChI=1S/C19H24ClN3O2.C6H6/c1-25-10-9-21-19(24)18-16-8-3-2-6-14(17(16)22-23-18)11-13-5-4-7-15(20)12-13;1-2-4-6-5-3-1/h4-5,7,12,14H,2-3,6,8-11H2,1H3,(H,21,24)(H,22,23);1-6H/t14-;/m0./s1. The summed E-state index contributed by atoms with van der Waals surface area (Å²) in [5.74, 6) is 0.210. The summed E-state index contributed by atoms with van der Waals surface area (Å²) in [6.45, 7) is 0.985. The van der Waals surface area contributed by atoms with E-state index in [4.69, 9.17) is 16.3 Å². The lowest BCUT2D eigenvalue weighted by Gasteiger charge is -2.15. The molecule has 5 nitrogen and oxygen atoms in total. The fourth-order valence-electron chi connectivity index (χ4n) is 3.88. The van der Waals surface area contributed by atoms with E-state index in [1.807, 2.05) is 54.6 Å². The molecular formula is C25H30ClN3O2. The molecule has 6 heteroatoms. The Morgan fingerprint density at radius 1 is 1.16 bits per heavy atom. The van der Waals surface area contributed by atoms with Crippen molar-refractivity contribution in [1.82, 2.24) is 15.5 Å². The Bertz CT molecular complexity index is 916. The van der Waals surface area contributed by atoms with Gasteiger partial charge in [0.05, 0.1) is 6.61 Å². The molecule has 1 aliphatic carbocycles. The van der Waals surface area contributed by atoms with Crippen LogP contribution in [0.1, 0.15) is 52.5 Å². The van der Waals surface area contributed by atoms with Crippen LogP contribution in [0.2, 0.25) is 5.02 Å². The van der Waals surface area contributed by atoms with Crippen molar-refractivity contribution in [3.63, 3.8) is 0 Å². The van der Waals surface area contributed by atoms with E-state index in [1.54, 1.807) is 7.11 Å². The molecule has 1 aliphatic rings. The van der Waals surface area contributed by atoms with Crippen LogP contribution in [0, 0.1) is 0 Å². The van der Waals surface area contributed by atoms with Gasteiger partial charge < -0.3 is 10.1 Å². The van der Waals surface area contributed by atoms with Crippen LogP contribution in [0.5, 0.6) is 0 Å². The molecule has 31 heavy (non-hydrogen) atoms. The van der Waals surface area contributed by atoms with Gasteiger partial charge in [-0.15, -0.1) is 0 Å². The van der Waals surface area contributed by atoms with Crippen molar-refractivity contribution >= 4 is 17.5 Å². The molecule has 1 heterocycles. The summed E-state index contributed by atoms with van der Waals surface area (Å²) in [5, 5.41) is 11.1. The van der Waals surface area contributed by atoms with Crippen LogP contribution in [0.15, 0.2) is 60.7 Å². The van der Waals surface area contributed by atoms with Crippen LogP contribution in [0.4, 0.5) is 0 Å². The van der Waals surface area contributed by atoms with Crippen LogP contribution in [0.3, 0.4) is 0 Å². The van der Waals surface area contributed by atoms with Gasteiger partial charge in [-0.1, -0.05) is 66.6 Å². The second-order valence-electron chi connectivity index (χ2n) is 7.64. The maximum absolute atomic E-state index is 12.4. The molecule has 1 aromatic heterocycles. The molecule has 0 spiro atoms. The van der Waals surface area contributed by atoms with Gasteiger partial charge in [-0.3, -0.25) is 9.89 Å². The van der Waals surface area contributed by atoms with Gasteiger partial charge in [0.1, 0.15) is 0 Å². The molecule has 2 aromatic carbocycles. The fourth-order valence-corrected chi connectivity index (χ4v) is 4.09. The molecule has 2 N–H and O–H groups in total. The van der Waals surface area contributed by atoms with Gasteiger partial charge in [-0.2, -0.15) is 5.10 Å². The number of carbonyl (C=O) groups excluding carboxylic acids is 1. The zero-order chi connectivity index (χ0) is 21.9. The van der Waals surface area contributed by atoms with Crippen LogP contribution in [-0.2, 0) is 17.6 Å². The van der Waals surface area contributed by atoms with Crippen molar-refractivity contribution in [2.75, 3.05) is 20.3 Å². The Balaban J connectivity index is 0.000000391. The quantitative estimate of drug-likeness (QED) is 0.411. The summed E-state index contributed by atoms with van der Waals surface area (Å²) in [6.07, 6.45) is 5.12. The first-order valence-corrected chi connectivity index (χ1v) is 11.2. The van der Waals surface area contributed by atoms with E-state index in [2.05, 4.69) is 21.6 Å². The molecule has 0 fully saturated rings. The smallest absolute Gasteiger partial charge is 0.272 e. The Morgan fingerprint density at radius 2 is 1.90 bits per heavy atom. The molecule has 1 amide bonds. The molecule has 0 radical (unpaired) electrons. The average molecular weight is 440 g/mol. The maximum Gasteiger partial charge on any atom is 0.272 e. The largest absolute Gasteiger partial charge is 0.383 e. The van der Waals surface area contributed by atoms with E-state index in [-0.39, 0.29) is 5.91 Å². The minimum atomic E-state index is -0.127. The van der Waals surface area contributed by atoms with Gasteiger partial charge in [0.2, 0.25) is 0 Å². The second-order valence-corrected chi connectivity index (χ2v) is 8.08. The third-order valence-corrected chi connectivity index (χ3v) is 5.62. The van der Waals surface area contributed by atoms with Crippen molar-refractivity contribution < 1.29 is 9.53 Å². The number of hydrogen-bond donors (Lipinski definition) is 2. The molecule has 3 aromatic rings. The number of aromatic nitrogens is 2. The highest BCUT2D eigenvalue weighted by atomic mass is 35.5. The highest BCUT2D eigenvalue weighted by molar-refractivity contribution is 6.30. The van der Waals surface area contributed by atoms with Crippen molar-refractivity contribution in [1.29, 1.82) is 0 Å². The number of rotatable bonds is 6. The Hall–Kier alpha value is -2.63. The molecule has 0 unspecified atom stereocenters. The third-order valence-electron chi connectivity index (χ3n) is 5.38. The number of fused-ring (bicyclic) bond motifs is 1. The van der Waals surface area contributed by atoms with Gasteiger partial charge >= 0.3 is 0 Å². The lowest BCUT2D eigenvalue weighted by molar-refractivity contribution is 0.0931. The number of aromatic amines is 1. The number of nitrogens with one attached hydrogen (secondary N) is 2. The van der Waals surface area contributed by atoms with Gasteiger partial charge in [-0.25, -0.2) is 0 Å². The molecular weight excluding hydrogens is 410 g/mol. The summed E-state index contributed by atoms with van der Waals surface area (Å²) in [4.78, 5) is 12.4. The van der Waals surface area contributed by atoms with Gasteiger partial charge in [0.25, 0.3) is 5.91 Å². The fraction of sp³-hybridized carbons (Fsp3) is 0.360. The third kappa shape index (κ3) is 6.94. The number of amides is 1. The number of ether oxygens (including phenoxy) is 1. The Labute approximate surface area is 189 Å². The number of halogens is 1. The number of nitrogens with zero attached hydrogens (tertiary/aromatic N) is 1. The van der Waals surface area contributed by atoms with Crippen LogP contribution >= 0.6 is 11.6 Å². The average Bonchev–Trinajstić information content (AvgIpc) is 3.12. The summed E-state index contributed by atoms with van der Waals surface area (Å²) in [6, 6.07) is 20.0. The van der Waals surface area contributed by atoms with Crippen molar-refractivity contribution in [3.8, 4) is 0 Å². The minimum Gasteiger partial charge on any atom is -0.383 e.